The lowest BCUT2D eigenvalue weighted by Gasteiger charge is -2.20. The molecule has 0 spiro atoms. The summed E-state index contributed by atoms with van der Waals surface area (Å²) in [5, 5.41) is 11.4. The van der Waals surface area contributed by atoms with E-state index in [4.69, 9.17) is 23.2 Å². The molecule has 1 aromatic rings. The molecule has 0 radical (unpaired) electrons. The number of anilines is 1. The van der Waals surface area contributed by atoms with Crippen LogP contribution in [0.1, 0.15) is 25.7 Å². The Hall–Kier alpha value is -0.580. The molecule has 4 nitrogen and oxygen atoms in total. The number of halogens is 2. The monoisotopic (exact) mass is 288 g/mol. The number of aromatic nitrogens is 2. The van der Waals surface area contributed by atoms with Gasteiger partial charge in [-0.15, -0.1) is 10.2 Å². The van der Waals surface area contributed by atoms with Gasteiger partial charge in [-0.05, 0) is 25.9 Å². The molecule has 0 aliphatic carbocycles. The fourth-order valence-electron chi connectivity index (χ4n) is 2.19. The quantitative estimate of drug-likeness (QED) is 0.925. The summed E-state index contributed by atoms with van der Waals surface area (Å²) >= 11 is 11.7. The molecule has 0 saturated carbocycles. The normalized spacial score (nSPS) is 17.4. The van der Waals surface area contributed by atoms with Crippen LogP contribution >= 0.6 is 23.2 Å². The van der Waals surface area contributed by atoms with E-state index in [2.05, 4.69) is 20.4 Å². The van der Waals surface area contributed by atoms with Crippen molar-refractivity contribution in [2.24, 2.45) is 0 Å². The van der Waals surface area contributed by atoms with Crippen molar-refractivity contribution in [3.8, 4) is 0 Å². The third-order valence-electron chi connectivity index (χ3n) is 3.16. The molecule has 0 unspecified atom stereocenters. The van der Waals surface area contributed by atoms with Crippen LogP contribution in [0.2, 0.25) is 10.3 Å². The first-order chi connectivity index (χ1) is 8.75. The summed E-state index contributed by atoms with van der Waals surface area (Å²) in [6, 6.07) is 1.71. The molecule has 100 valence electrons. The Bertz CT molecular complexity index is 378. The van der Waals surface area contributed by atoms with Crippen LogP contribution in [0, 0.1) is 0 Å². The van der Waals surface area contributed by atoms with E-state index in [1.165, 1.54) is 38.8 Å². The van der Waals surface area contributed by atoms with E-state index < -0.39 is 0 Å². The van der Waals surface area contributed by atoms with E-state index in [-0.39, 0.29) is 0 Å². The standard InChI is InChI=1S/C12H18Cl2N4/c13-11-9-10(12(14)17-16-11)15-5-8-18-6-3-1-2-4-7-18/h9H,1-8H2,(H,15,16). The smallest absolute Gasteiger partial charge is 0.174 e. The number of rotatable bonds is 4. The van der Waals surface area contributed by atoms with Crippen molar-refractivity contribution < 1.29 is 0 Å². The third kappa shape index (κ3) is 4.26. The highest BCUT2D eigenvalue weighted by Crippen LogP contribution is 2.20. The van der Waals surface area contributed by atoms with Gasteiger partial charge in [-0.3, -0.25) is 0 Å². The summed E-state index contributed by atoms with van der Waals surface area (Å²) in [6.07, 6.45) is 5.34. The van der Waals surface area contributed by atoms with Gasteiger partial charge < -0.3 is 10.2 Å². The lowest BCUT2D eigenvalue weighted by Crippen LogP contribution is -2.30. The van der Waals surface area contributed by atoms with E-state index >= 15 is 0 Å². The van der Waals surface area contributed by atoms with Crippen LogP contribution < -0.4 is 5.32 Å². The fraction of sp³-hybridized carbons (Fsp3) is 0.667. The molecule has 1 N–H and O–H groups in total. The van der Waals surface area contributed by atoms with Crippen molar-refractivity contribution in [3.05, 3.63) is 16.4 Å². The van der Waals surface area contributed by atoms with Gasteiger partial charge in [0, 0.05) is 19.2 Å². The topological polar surface area (TPSA) is 41.0 Å². The summed E-state index contributed by atoms with van der Waals surface area (Å²) in [4.78, 5) is 2.49. The molecule has 1 saturated heterocycles. The molecule has 0 atom stereocenters. The van der Waals surface area contributed by atoms with E-state index in [1.807, 2.05) is 0 Å². The molecule has 1 fully saturated rings. The first-order valence-corrected chi connectivity index (χ1v) is 7.16. The molecule has 2 rings (SSSR count). The molecule has 2 heterocycles. The molecule has 1 aliphatic rings. The van der Waals surface area contributed by atoms with E-state index in [1.54, 1.807) is 6.07 Å². The van der Waals surface area contributed by atoms with Crippen LogP contribution in [0.5, 0.6) is 0 Å². The van der Waals surface area contributed by atoms with E-state index in [0.29, 0.717) is 10.3 Å². The Balaban J connectivity index is 1.78. The van der Waals surface area contributed by atoms with Crippen LogP contribution in [0.25, 0.3) is 0 Å². The summed E-state index contributed by atoms with van der Waals surface area (Å²) in [7, 11) is 0. The van der Waals surface area contributed by atoms with Gasteiger partial charge in [-0.25, -0.2) is 0 Å². The van der Waals surface area contributed by atoms with Crippen LogP contribution in [-0.2, 0) is 0 Å². The van der Waals surface area contributed by atoms with E-state index in [0.717, 1.165) is 18.8 Å². The molecule has 1 aliphatic heterocycles. The lowest BCUT2D eigenvalue weighted by molar-refractivity contribution is 0.296. The largest absolute Gasteiger partial charge is 0.381 e. The van der Waals surface area contributed by atoms with Gasteiger partial charge in [0.2, 0.25) is 0 Å². The zero-order valence-corrected chi connectivity index (χ0v) is 11.8. The second-order valence-electron chi connectivity index (χ2n) is 4.55. The second kappa shape index (κ2) is 7.12. The SMILES string of the molecule is Clc1cc(NCCN2CCCCCC2)c(Cl)nn1. The minimum Gasteiger partial charge on any atom is -0.381 e. The fourth-order valence-corrected chi connectivity index (χ4v) is 2.49. The highest BCUT2D eigenvalue weighted by Gasteiger charge is 2.09. The van der Waals surface area contributed by atoms with Gasteiger partial charge in [-0.2, -0.15) is 0 Å². The van der Waals surface area contributed by atoms with Gasteiger partial charge in [0.25, 0.3) is 0 Å². The number of hydrogen-bond donors (Lipinski definition) is 1. The van der Waals surface area contributed by atoms with Crippen molar-refractivity contribution in [1.29, 1.82) is 0 Å². The number of nitrogens with one attached hydrogen (secondary N) is 1. The summed E-state index contributed by atoms with van der Waals surface area (Å²) in [6.45, 7) is 4.27. The van der Waals surface area contributed by atoms with Crippen molar-refractivity contribution >= 4 is 28.9 Å². The maximum Gasteiger partial charge on any atom is 0.174 e. The minimum absolute atomic E-state index is 0.358. The number of nitrogens with zero attached hydrogens (tertiary/aromatic N) is 3. The molecule has 0 bridgehead atoms. The van der Waals surface area contributed by atoms with Gasteiger partial charge in [0.1, 0.15) is 0 Å². The molecule has 0 amide bonds. The molecule has 1 aromatic heterocycles. The highest BCUT2D eigenvalue weighted by molar-refractivity contribution is 6.33. The third-order valence-corrected chi connectivity index (χ3v) is 3.63. The molecular weight excluding hydrogens is 271 g/mol. The van der Waals surface area contributed by atoms with Gasteiger partial charge in [0.05, 0.1) is 5.69 Å². The van der Waals surface area contributed by atoms with Crippen molar-refractivity contribution in [1.82, 2.24) is 15.1 Å². The molecule has 0 aromatic carbocycles. The second-order valence-corrected chi connectivity index (χ2v) is 5.30. The zero-order valence-electron chi connectivity index (χ0n) is 10.3. The highest BCUT2D eigenvalue weighted by atomic mass is 35.5. The van der Waals surface area contributed by atoms with Crippen molar-refractivity contribution in [2.75, 3.05) is 31.5 Å². The van der Waals surface area contributed by atoms with Crippen LogP contribution in [-0.4, -0.2) is 41.3 Å². The predicted octanol–water partition coefficient (Wildman–Crippen LogP) is 3.07. The average molecular weight is 289 g/mol. The average Bonchev–Trinajstić information content (AvgIpc) is 2.62. The van der Waals surface area contributed by atoms with Gasteiger partial charge >= 0.3 is 0 Å². The maximum atomic E-state index is 5.94. The zero-order chi connectivity index (χ0) is 12.8. The first-order valence-electron chi connectivity index (χ1n) is 6.40. The number of hydrogen-bond acceptors (Lipinski definition) is 4. The van der Waals surface area contributed by atoms with Crippen molar-refractivity contribution in [2.45, 2.75) is 25.7 Å². The first kappa shape index (κ1) is 13.8. The van der Waals surface area contributed by atoms with E-state index in [9.17, 15) is 0 Å². The van der Waals surface area contributed by atoms with Crippen LogP contribution in [0.4, 0.5) is 5.69 Å². The Labute approximate surface area is 118 Å². The van der Waals surface area contributed by atoms with Crippen molar-refractivity contribution in [3.63, 3.8) is 0 Å². The van der Waals surface area contributed by atoms with Gasteiger partial charge in [-0.1, -0.05) is 36.0 Å². The molecule has 6 heteroatoms. The predicted molar refractivity (Wildman–Crippen MR) is 75.4 cm³/mol. The molecule has 18 heavy (non-hydrogen) atoms. The van der Waals surface area contributed by atoms with Crippen LogP contribution in [0.15, 0.2) is 6.07 Å². The summed E-state index contributed by atoms with van der Waals surface area (Å²) < 4.78 is 0. The Morgan fingerprint density at radius 1 is 1.11 bits per heavy atom. The minimum atomic E-state index is 0.358. The van der Waals surface area contributed by atoms with Crippen LogP contribution in [0.3, 0.4) is 0 Å². The lowest BCUT2D eigenvalue weighted by atomic mass is 10.2. The summed E-state index contributed by atoms with van der Waals surface area (Å²) in [5.74, 6) is 0. The maximum absolute atomic E-state index is 5.94. The molecular formula is C12H18Cl2N4. The summed E-state index contributed by atoms with van der Waals surface area (Å²) in [5.41, 5.74) is 0.756. The Morgan fingerprint density at radius 3 is 2.56 bits per heavy atom. The number of likely N-dealkylation sites (tertiary alicyclic amines) is 1. The van der Waals surface area contributed by atoms with Gasteiger partial charge in [0.15, 0.2) is 10.3 Å². The Kier molecular flexibility index (Phi) is 5.47. The Morgan fingerprint density at radius 2 is 1.83 bits per heavy atom.